The van der Waals surface area contributed by atoms with Crippen molar-refractivity contribution in [3.8, 4) is 0 Å². The van der Waals surface area contributed by atoms with Crippen molar-refractivity contribution >= 4 is 46.8 Å². The first-order valence-corrected chi connectivity index (χ1v) is 15.4. The molecule has 6 nitrogen and oxygen atoms in total. The van der Waals surface area contributed by atoms with Crippen LogP contribution in [0.1, 0.15) is 39.5 Å². The Hall–Kier alpha value is 0.900. The van der Waals surface area contributed by atoms with E-state index in [-0.39, 0.29) is 28.7 Å². The molecular formula is C22H42N2O4S4. The van der Waals surface area contributed by atoms with Crippen LogP contribution in [0.5, 0.6) is 0 Å². The van der Waals surface area contributed by atoms with Gasteiger partial charge in [-0.25, -0.2) is 0 Å². The van der Waals surface area contributed by atoms with Gasteiger partial charge in [0.2, 0.25) is 0 Å². The van der Waals surface area contributed by atoms with E-state index in [1.54, 1.807) is 11.8 Å². The van der Waals surface area contributed by atoms with E-state index in [1.807, 2.05) is 29.0 Å². The van der Waals surface area contributed by atoms with Crippen LogP contribution in [0.25, 0.3) is 0 Å². The largest absolute Gasteiger partial charge is 0.378 e. The molecule has 2 N–H and O–H groups in total. The minimum absolute atomic E-state index is 0.0256. The molecule has 1 saturated heterocycles. The van der Waals surface area contributed by atoms with Gasteiger partial charge in [0.25, 0.3) is 0 Å². The third kappa shape index (κ3) is 8.24. The molecule has 0 amide bonds. The molecule has 1 heterocycles. The maximum atomic E-state index is 11.3. The lowest BCUT2D eigenvalue weighted by Gasteiger charge is -2.45. The summed E-state index contributed by atoms with van der Waals surface area (Å²) in [5.74, 6) is 1.29. The summed E-state index contributed by atoms with van der Waals surface area (Å²) in [6, 6.07) is 0. The van der Waals surface area contributed by atoms with Gasteiger partial charge >= 0.3 is 0 Å². The fourth-order valence-electron chi connectivity index (χ4n) is 4.16. The molecule has 0 radical (unpaired) electrons. The zero-order chi connectivity index (χ0) is 23.5. The Bertz CT molecular complexity index is 548. The summed E-state index contributed by atoms with van der Waals surface area (Å²) in [6.45, 7) is 7.02. The van der Waals surface area contributed by atoms with Gasteiger partial charge in [-0.2, -0.15) is 0 Å². The molecule has 2 aliphatic rings. The summed E-state index contributed by atoms with van der Waals surface area (Å²) in [6.07, 6.45) is 5.95. The number of thioether (sulfide) groups is 1. The van der Waals surface area contributed by atoms with Gasteiger partial charge in [-0.1, -0.05) is 49.6 Å². The quantitative estimate of drug-likeness (QED) is 0.0849. The van der Waals surface area contributed by atoms with Crippen LogP contribution in [0.4, 0.5) is 0 Å². The van der Waals surface area contributed by atoms with Gasteiger partial charge in [-0.05, 0) is 19.9 Å². The van der Waals surface area contributed by atoms with Crippen molar-refractivity contribution in [1.29, 1.82) is 0 Å². The Morgan fingerprint density at radius 3 is 2.25 bits per heavy atom. The molecule has 0 aromatic carbocycles. The second-order valence-electron chi connectivity index (χ2n) is 8.49. The summed E-state index contributed by atoms with van der Waals surface area (Å²) >= 11 is 10.6. The highest BCUT2D eigenvalue weighted by atomic mass is 33.1. The molecule has 32 heavy (non-hydrogen) atoms. The summed E-state index contributed by atoms with van der Waals surface area (Å²) in [4.78, 5) is 3.96. The zero-order valence-corrected chi connectivity index (χ0v) is 23.0. The first-order valence-electron chi connectivity index (χ1n) is 11.8. The highest BCUT2D eigenvalue weighted by Crippen LogP contribution is 2.37. The SMILES string of the molecule is CCCCOC1C(C(O)N2CCSC2S)C=C[C@@H](C(O)N(C)CCSS)C1OCCCC. The third-order valence-corrected chi connectivity index (χ3v) is 8.81. The average molecular weight is 527 g/mol. The molecule has 0 spiro atoms. The van der Waals surface area contributed by atoms with Gasteiger partial charge in [0.05, 0.1) is 12.2 Å². The van der Waals surface area contributed by atoms with E-state index in [2.05, 4.69) is 38.1 Å². The van der Waals surface area contributed by atoms with Crippen molar-refractivity contribution in [1.82, 2.24) is 9.80 Å². The van der Waals surface area contributed by atoms with Crippen molar-refractivity contribution in [2.75, 3.05) is 44.9 Å². The molecule has 0 aromatic rings. The summed E-state index contributed by atoms with van der Waals surface area (Å²) in [5.41, 5.74) is 0. The van der Waals surface area contributed by atoms with E-state index in [0.717, 1.165) is 50.3 Å². The van der Waals surface area contributed by atoms with Crippen molar-refractivity contribution in [2.24, 2.45) is 11.8 Å². The molecule has 1 aliphatic carbocycles. The number of aliphatic hydroxyl groups excluding tert-OH is 2. The fraction of sp³-hybridized carbons (Fsp3) is 0.909. The molecule has 7 atom stereocenters. The van der Waals surface area contributed by atoms with Crippen LogP contribution in [0, 0.1) is 11.8 Å². The Morgan fingerprint density at radius 1 is 1.12 bits per heavy atom. The highest BCUT2D eigenvalue weighted by Gasteiger charge is 2.46. The van der Waals surface area contributed by atoms with Crippen LogP contribution in [0.2, 0.25) is 0 Å². The van der Waals surface area contributed by atoms with Crippen LogP contribution >= 0.6 is 46.8 Å². The standard InChI is InChI=1S/C22H42N2O4S4/c1-4-6-12-27-18-16(20(25)23(3)10-15-32-30)8-9-17(19(18)28-13-7-5-2)21(26)24-11-14-31-22(24)29/h8-9,16-22,25-26,29-30H,4-7,10-15H2,1-3H3/t16-,17?,18?,19?,20?,21?,22?/m1/s1. The van der Waals surface area contributed by atoms with E-state index >= 15 is 0 Å². The van der Waals surface area contributed by atoms with Gasteiger partial charge in [0, 0.05) is 49.6 Å². The van der Waals surface area contributed by atoms with E-state index in [4.69, 9.17) is 9.47 Å². The topological polar surface area (TPSA) is 65.4 Å². The Balaban J connectivity index is 2.28. The first kappa shape index (κ1) is 29.1. The second-order valence-corrected chi connectivity index (χ2v) is 12.0. The molecule has 1 fully saturated rings. The molecule has 0 aromatic heterocycles. The lowest BCUT2D eigenvalue weighted by molar-refractivity contribution is -0.171. The Labute approximate surface area is 213 Å². The van der Waals surface area contributed by atoms with Crippen molar-refractivity contribution < 1.29 is 19.7 Å². The van der Waals surface area contributed by atoms with Crippen LogP contribution in [0.15, 0.2) is 12.2 Å². The predicted molar refractivity (Wildman–Crippen MR) is 143 cm³/mol. The molecular weight excluding hydrogens is 485 g/mol. The smallest absolute Gasteiger partial charge is 0.117 e. The van der Waals surface area contributed by atoms with Crippen LogP contribution in [0.3, 0.4) is 0 Å². The summed E-state index contributed by atoms with van der Waals surface area (Å²) < 4.78 is 12.8. The summed E-state index contributed by atoms with van der Waals surface area (Å²) in [5, 5.41) is 22.5. The highest BCUT2D eigenvalue weighted by molar-refractivity contribution is 8.68. The molecule has 188 valence electrons. The minimum atomic E-state index is -0.705. The van der Waals surface area contributed by atoms with Gasteiger partial charge in [-0.3, -0.25) is 9.80 Å². The van der Waals surface area contributed by atoms with Crippen LogP contribution < -0.4 is 0 Å². The fourth-order valence-corrected chi connectivity index (χ4v) is 6.29. The number of unbranched alkanes of at least 4 members (excludes halogenated alkanes) is 2. The first-order chi connectivity index (χ1) is 15.5. The number of hydrogen-bond donors (Lipinski definition) is 4. The number of rotatable bonds is 15. The van der Waals surface area contributed by atoms with Crippen molar-refractivity contribution in [2.45, 2.75) is 68.9 Å². The van der Waals surface area contributed by atoms with Crippen molar-refractivity contribution in [3.63, 3.8) is 0 Å². The van der Waals surface area contributed by atoms with Gasteiger partial charge in [0.15, 0.2) is 0 Å². The Morgan fingerprint density at radius 2 is 1.72 bits per heavy atom. The molecule has 0 bridgehead atoms. The lowest BCUT2D eigenvalue weighted by atomic mass is 9.80. The molecule has 10 heteroatoms. The average Bonchev–Trinajstić information content (AvgIpc) is 3.23. The number of nitrogens with zero attached hydrogens (tertiary/aromatic N) is 2. The molecule has 2 rings (SSSR count). The normalized spacial score (nSPS) is 30.8. The molecule has 1 aliphatic heterocycles. The number of thiol groups is 2. The van der Waals surface area contributed by atoms with Gasteiger partial charge < -0.3 is 19.7 Å². The Kier molecular flexibility index (Phi) is 14.4. The van der Waals surface area contributed by atoms with Gasteiger partial charge in [-0.15, -0.1) is 36.1 Å². The monoisotopic (exact) mass is 526 g/mol. The maximum Gasteiger partial charge on any atom is 0.117 e. The molecule has 0 saturated carbocycles. The number of aliphatic hydroxyl groups is 2. The molecule has 6 unspecified atom stereocenters. The van der Waals surface area contributed by atoms with E-state index in [0.29, 0.717) is 13.2 Å². The van der Waals surface area contributed by atoms with E-state index in [1.165, 1.54) is 10.8 Å². The van der Waals surface area contributed by atoms with E-state index in [9.17, 15) is 10.2 Å². The van der Waals surface area contributed by atoms with Crippen molar-refractivity contribution in [3.05, 3.63) is 12.2 Å². The number of ether oxygens (including phenoxy) is 2. The van der Waals surface area contributed by atoms with Gasteiger partial charge in [0.1, 0.15) is 17.2 Å². The van der Waals surface area contributed by atoms with Crippen LogP contribution in [-0.2, 0) is 9.47 Å². The predicted octanol–water partition coefficient (Wildman–Crippen LogP) is 3.57. The van der Waals surface area contributed by atoms with E-state index < -0.39 is 12.5 Å². The van der Waals surface area contributed by atoms with Crippen LogP contribution in [-0.4, -0.2) is 94.2 Å². The number of hydrogen-bond acceptors (Lipinski definition) is 10. The second kappa shape index (κ2) is 15.8. The zero-order valence-electron chi connectivity index (χ0n) is 19.6. The summed E-state index contributed by atoms with van der Waals surface area (Å²) in [7, 11) is 3.39. The lowest BCUT2D eigenvalue weighted by Crippen LogP contribution is -2.56. The maximum absolute atomic E-state index is 11.3. The minimum Gasteiger partial charge on any atom is -0.378 e. The third-order valence-electron chi connectivity index (χ3n) is 6.17.